The minimum Gasteiger partial charge on any atom is -0.334 e. The van der Waals surface area contributed by atoms with Crippen molar-refractivity contribution in [2.24, 2.45) is 0 Å². The van der Waals surface area contributed by atoms with Gasteiger partial charge in [-0.05, 0) is 43.9 Å². The molecule has 0 aromatic heterocycles. The van der Waals surface area contributed by atoms with Crippen molar-refractivity contribution in [3.05, 3.63) is 71.8 Å². The van der Waals surface area contributed by atoms with E-state index in [2.05, 4.69) is 65.3 Å². The van der Waals surface area contributed by atoms with Crippen LogP contribution in [0.5, 0.6) is 0 Å². The molecule has 25 heavy (non-hydrogen) atoms. The number of carbonyl (C=O) groups excluding carboxylic acids is 1. The van der Waals surface area contributed by atoms with Crippen molar-refractivity contribution in [1.29, 1.82) is 0 Å². The molecule has 2 saturated heterocycles. The lowest BCUT2D eigenvalue weighted by atomic mass is 9.93. The zero-order valence-electron chi connectivity index (χ0n) is 14.9. The monoisotopic (exact) mass is 334 g/mol. The molecule has 0 unspecified atom stereocenters. The Morgan fingerprint density at radius 2 is 1.64 bits per heavy atom. The standard InChI is InChI=1S/C22H26N2O/c1-18(20-11-6-3-7-12-20)24-16-14-22(21(24)25)13-8-15-23(22)17-19-9-4-2-5-10-19/h2-7,9-12,18H,8,13-17H2,1H3/t18-,22+/m1/s1. The fourth-order valence-corrected chi connectivity index (χ4v) is 4.56. The molecule has 2 aliphatic heterocycles. The number of benzene rings is 2. The molecule has 3 heteroatoms. The van der Waals surface area contributed by atoms with Gasteiger partial charge in [0.1, 0.15) is 5.54 Å². The molecule has 0 aliphatic carbocycles. The summed E-state index contributed by atoms with van der Waals surface area (Å²) < 4.78 is 0. The normalized spacial score (nSPS) is 25.0. The predicted molar refractivity (Wildman–Crippen MR) is 100 cm³/mol. The largest absolute Gasteiger partial charge is 0.334 e. The average Bonchev–Trinajstić information content (AvgIpc) is 3.21. The molecular formula is C22H26N2O. The summed E-state index contributed by atoms with van der Waals surface area (Å²) >= 11 is 0. The van der Waals surface area contributed by atoms with Crippen molar-refractivity contribution in [3.63, 3.8) is 0 Å². The number of amides is 1. The molecular weight excluding hydrogens is 308 g/mol. The first kappa shape index (κ1) is 16.3. The average molecular weight is 334 g/mol. The fraction of sp³-hybridized carbons (Fsp3) is 0.409. The Morgan fingerprint density at radius 1 is 0.960 bits per heavy atom. The first-order valence-electron chi connectivity index (χ1n) is 9.36. The maximum Gasteiger partial charge on any atom is 0.243 e. The van der Waals surface area contributed by atoms with Gasteiger partial charge in [-0.25, -0.2) is 0 Å². The van der Waals surface area contributed by atoms with Crippen LogP contribution in [0, 0.1) is 0 Å². The minimum absolute atomic E-state index is 0.146. The Balaban J connectivity index is 1.55. The van der Waals surface area contributed by atoms with Crippen molar-refractivity contribution in [1.82, 2.24) is 9.80 Å². The van der Waals surface area contributed by atoms with Gasteiger partial charge in [0.05, 0.1) is 6.04 Å². The lowest BCUT2D eigenvalue weighted by Crippen LogP contribution is -2.50. The second-order valence-electron chi connectivity index (χ2n) is 7.38. The lowest BCUT2D eigenvalue weighted by Gasteiger charge is -2.34. The van der Waals surface area contributed by atoms with E-state index in [0.29, 0.717) is 5.91 Å². The molecule has 2 fully saturated rings. The van der Waals surface area contributed by atoms with Crippen LogP contribution in [-0.4, -0.2) is 34.3 Å². The van der Waals surface area contributed by atoms with Gasteiger partial charge < -0.3 is 4.90 Å². The molecule has 0 radical (unpaired) electrons. The molecule has 1 spiro atoms. The van der Waals surface area contributed by atoms with Crippen LogP contribution in [0.15, 0.2) is 60.7 Å². The van der Waals surface area contributed by atoms with E-state index in [4.69, 9.17) is 0 Å². The van der Waals surface area contributed by atoms with Crippen molar-refractivity contribution in [2.45, 2.75) is 44.3 Å². The maximum atomic E-state index is 13.4. The molecule has 0 saturated carbocycles. The SMILES string of the molecule is C[C@H](c1ccccc1)N1CC[C@@]2(CCCN2Cc2ccccc2)C1=O. The highest BCUT2D eigenvalue weighted by Crippen LogP contribution is 2.42. The maximum absolute atomic E-state index is 13.4. The van der Waals surface area contributed by atoms with Gasteiger partial charge in [0.2, 0.25) is 5.91 Å². The Bertz CT molecular complexity index is 730. The fourth-order valence-electron chi connectivity index (χ4n) is 4.56. The third-order valence-electron chi connectivity index (χ3n) is 6.01. The second kappa shape index (κ2) is 6.64. The Morgan fingerprint density at radius 3 is 2.36 bits per heavy atom. The molecule has 2 atom stereocenters. The van der Waals surface area contributed by atoms with Gasteiger partial charge in [-0.3, -0.25) is 9.69 Å². The third-order valence-corrected chi connectivity index (χ3v) is 6.01. The quantitative estimate of drug-likeness (QED) is 0.843. The van der Waals surface area contributed by atoms with Crippen LogP contribution in [-0.2, 0) is 11.3 Å². The first-order chi connectivity index (χ1) is 12.2. The highest BCUT2D eigenvalue weighted by Gasteiger charge is 2.53. The smallest absolute Gasteiger partial charge is 0.243 e. The number of hydrogen-bond acceptors (Lipinski definition) is 2. The summed E-state index contributed by atoms with van der Waals surface area (Å²) in [5.41, 5.74) is 2.24. The molecule has 130 valence electrons. The van der Waals surface area contributed by atoms with Crippen molar-refractivity contribution in [2.75, 3.05) is 13.1 Å². The van der Waals surface area contributed by atoms with Crippen molar-refractivity contribution < 1.29 is 4.79 Å². The van der Waals surface area contributed by atoms with Crippen LogP contribution in [0.3, 0.4) is 0 Å². The molecule has 0 N–H and O–H groups in total. The summed E-state index contributed by atoms with van der Waals surface area (Å²) in [6, 6.07) is 21.1. The van der Waals surface area contributed by atoms with E-state index in [1.807, 2.05) is 12.1 Å². The van der Waals surface area contributed by atoms with Gasteiger partial charge >= 0.3 is 0 Å². The molecule has 4 rings (SSSR count). The highest BCUT2D eigenvalue weighted by atomic mass is 16.2. The van der Waals surface area contributed by atoms with E-state index in [1.165, 1.54) is 11.1 Å². The molecule has 2 aromatic carbocycles. The van der Waals surface area contributed by atoms with E-state index in [-0.39, 0.29) is 11.6 Å². The number of likely N-dealkylation sites (tertiary alicyclic amines) is 2. The number of hydrogen-bond donors (Lipinski definition) is 0. The second-order valence-corrected chi connectivity index (χ2v) is 7.38. The Kier molecular flexibility index (Phi) is 4.34. The van der Waals surface area contributed by atoms with Crippen LogP contribution in [0.4, 0.5) is 0 Å². The Hall–Kier alpha value is -2.13. The number of carbonyl (C=O) groups is 1. The van der Waals surface area contributed by atoms with Gasteiger partial charge in [0, 0.05) is 13.1 Å². The predicted octanol–water partition coefficient (Wildman–Crippen LogP) is 4.01. The third kappa shape index (κ3) is 2.87. The van der Waals surface area contributed by atoms with E-state index in [0.717, 1.165) is 38.9 Å². The molecule has 1 amide bonds. The molecule has 2 aliphatic rings. The first-order valence-corrected chi connectivity index (χ1v) is 9.36. The van der Waals surface area contributed by atoms with E-state index in [1.54, 1.807) is 0 Å². The van der Waals surface area contributed by atoms with E-state index >= 15 is 0 Å². The van der Waals surface area contributed by atoms with Crippen LogP contribution >= 0.6 is 0 Å². The van der Waals surface area contributed by atoms with Gasteiger partial charge in [-0.2, -0.15) is 0 Å². The van der Waals surface area contributed by atoms with E-state index in [9.17, 15) is 4.79 Å². The highest BCUT2D eigenvalue weighted by molar-refractivity contribution is 5.89. The summed E-state index contributed by atoms with van der Waals surface area (Å²) in [6.45, 7) is 4.91. The summed E-state index contributed by atoms with van der Waals surface area (Å²) in [7, 11) is 0. The molecule has 2 aromatic rings. The van der Waals surface area contributed by atoms with Crippen molar-refractivity contribution >= 4 is 5.91 Å². The summed E-state index contributed by atoms with van der Waals surface area (Å²) in [5, 5.41) is 0. The number of rotatable bonds is 4. The lowest BCUT2D eigenvalue weighted by molar-refractivity contribution is -0.138. The minimum atomic E-state index is -0.279. The molecule has 3 nitrogen and oxygen atoms in total. The summed E-state index contributed by atoms with van der Waals surface area (Å²) in [6.07, 6.45) is 3.07. The zero-order valence-corrected chi connectivity index (χ0v) is 14.9. The molecule has 2 heterocycles. The van der Waals surface area contributed by atoms with Gasteiger partial charge in [-0.15, -0.1) is 0 Å². The Labute approximate surface area is 150 Å². The van der Waals surface area contributed by atoms with Crippen LogP contribution in [0.25, 0.3) is 0 Å². The van der Waals surface area contributed by atoms with Gasteiger partial charge in [-0.1, -0.05) is 60.7 Å². The van der Waals surface area contributed by atoms with Crippen LogP contribution in [0.1, 0.15) is 43.4 Å². The topological polar surface area (TPSA) is 23.6 Å². The van der Waals surface area contributed by atoms with E-state index < -0.39 is 0 Å². The molecule has 0 bridgehead atoms. The van der Waals surface area contributed by atoms with Crippen LogP contribution in [0.2, 0.25) is 0 Å². The summed E-state index contributed by atoms with van der Waals surface area (Å²) in [5.74, 6) is 0.331. The number of nitrogens with zero attached hydrogens (tertiary/aromatic N) is 2. The van der Waals surface area contributed by atoms with Crippen molar-refractivity contribution in [3.8, 4) is 0 Å². The van der Waals surface area contributed by atoms with Crippen LogP contribution < -0.4 is 0 Å². The summed E-state index contributed by atoms with van der Waals surface area (Å²) in [4.78, 5) is 18.0. The van der Waals surface area contributed by atoms with Gasteiger partial charge in [0.25, 0.3) is 0 Å². The zero-order chi connectivity index (χ0) is 17.3. The van der Waals surface area contributed by atoms with Gasteiger partial charge in [0.15, 0.2) is 0 Å².